The normalized spacial score (nSPS) is 14.3. The van der Waals surface area contributed by atoms with Gasteiger partial charge in [0.05, 0.1) is 0 Å². The molecule has 0 radical (unpaired) electrons. The van der Waals surface area contributed by atoms with Crippen LogP contribution in [0.25, 0.3) is 0 Å². The van der Waals surface area contributed by atoms with Gasteiger partial charge in [0.2, 0.25) is 0 Å². The molecule has 0 aliphatic rings. The number of hydrogen-bond donors (Lipinski definition) is 3. The second-order valence-corrected chi connectivity index (χ2v) is 5.88. The minimum Gasteiger partial charge on any atom is -0.747 e. The van der Waals surface area contributed by atoms with Gasteiger partial charge in [-0.05, 0) is 0 Å². The van der Waals surface area contributed by atoms with Crippen LogP contribution in [0.1, 0.15) is 0 Å². The second-order valence-electron chi connectivity index (χ2n) is 2.43. The largest absolute Gasteiger partial charge is 1.00 e. The van der Waals surface area contributed by atoms with Gasteiger partial charge in [0.15, 0.2) is 4.58 Å². The van der Waals surface area contributed by atoms with Crippen LogP contribution >= 0.6 is 0 Å². The van der Waals surface area contributed by atoms with E-state index >= 15 is 0 Å². The van der Waals surface area contributed by atoms with Crippen LogP contribution in [0.3, 0.4) is 0 Å². The molecule has 0 saturated heterocycles. The molecular formula is C4H11N2NaO6S2. The van der Waals surface area contributed by atoms with Crippen molar-refractivity contribution in [1.29, 1.82) is 0 Å². The van der Waals surface area contributed by atoms with E-state index in [9.17, 15) is 21.4 Å². The van der Waals surface area contributed by atoms with Crippen LogP contribution in [0.5, 0.6) is 0 Å². The fraction of sp³-hybridized carbons (Fsp3) is 1.00. The summed E-state index contributed by atoms with van der Waals surface area (Å²) < 4.78 is 58.2. The number of nitrogens with one attached hydrogen (secondary N) is 1. The molecular weight excluding hydrogens is 259 g/mol. The van der Waals surface area contributed by atoms with Gasteiger partial charge in [-0.1, -0.05) is 0 Å². The van der Waals surface area contributed by atoms with Gasteiger partial charge in [0, 0.05) is 19.6 Å². The van der Waals surface area contributed by atoms with Crippen LogP contribution in [0.2, 0.25) is 0 Å². The van der Waals surface area contributed by atoms with E-state index in [1.165, 1.54) is 0 Å². The van der Waals surface area contributed by atoms with Crippen molar-refractivity contribution in [2.45, 2.75) is 4.58 Å². The first kappa shape index (κ1) is 18.1. The fourth-order valence-corrected chi connectivity index (χ4v) is 2.52. The molecule has 0 heterocycles. The Morgan fingerprint density at radius 3 is 2.07 bits per heavy atom. The van der Waals surface area contributed by atoms with Gasteiger partial charge in [-0.25, -0.2) is 8.42 Å². The molecule has 0 fully saturated rings. The van der Waals surface area contributed by atoms with Crippen molar-refractivity contribution in [3.05, 3.63) is 0 Å². The summed E-state index contributed by atoms with van der Waals surface area (Å²) in [7, 11) is -10.0. The van der Waals surface area contributed by atoms with E-state index in [4.69, 9.17) is 10.3 Å². The molecule has 0 spiro atoms. The minimum atomic E-state index is -5.09. The van der Waals surface area contributed by atoms with Crippen LogP contribution < -0.4 is 40.6 Å². The van der Waals surface area contributed by atoms with Gasteiger partial charge < -0.3 is 15.6 Å². The van der Waals surface area contributed by atoms with Crippen molar-refractivity contribution in [3.63, 3.8) is 0 Å². The molecule has 0 rings (SSSR count). The van der Waals surface area contributed by atoms with Crippen molar-refractivity contribution in [1.82, 2.24) is 5.32 Å². The van der Waals surface area contributed by atoms with Gasteiger partial charge in [0.25, 0.3) is 10.1 Å². The summed E-state index contributed by atoms with van der Waals surface area (Å²) in [6.07, 6.45) is 0. The van der Waals surface area contributed by atoms with Crippen molar-refractivity contribution in [3.8, 4) is 0 Å². The topological polar surface area (TPSA) is 150 Å². The second kappa shape index (κ2) is 7.14. The molecule has 0 aliphatic carbocycles. The molecule has 4 N–H and O–H groups in total. The summed E-state index contributed by atoms with van der Waals surface area (Å²) in [4.78, 5) is 0. The molecule has 0 aromatic carbocycles. The predicted octanol–water partition coefficient (Wildman–Crippen LogP) is -5.70. The molecule has 0 amide bonds. The quantitative estimate of drug-likeness (QED) is 0.245. The summed E-state index contributed by atoms with van der Waals surface area (Å²) in [5.74, 6) is 0. The molecule has 0 aromatic rings. The zero-order chi connectivity index (χ0) is 11.4. The average molecular weight is 270 g/mol. The molecule has 1 atom stereocenters. The Morgan fingerprint density at radius 1 is 1.33 bits per heavy atom. The maximum atomic E-state index is 10.5. The maximum Gasteiger partial charge on any atom is 1.00 e. The summed E-state index contributed by atoms with van der Waals surface area (Å²) in [5.41, 5.74) is 5.03. The SMILES string of the molecule is NCCNCC(S(=O)(=O)[O-])S(=O)(=O)O.[Na+]. The van der Waals surface area contributed by atoms with Gasteiger partial charge in [-0.15, -0.1) is 0 Å². The zero-order valence-electron chi connectivity index (χ0n) is 8.08. The van der Waals surface area contributed by atoms with Gasteiger partial charge in [-0.2, -0.15) is 8.42 Å². The van der Waals surface area contributed by atoms with E-state index < -0.39 is 31.4 Å². The molecule has 0 aromatic heterocycles. The van der Waals surface area contributed by atoms with Crippen molar-refractivity contribution >= 4 is 20.2 Å². The monoisotopic (exact) mass is 270 g/mol. The molecule has 0 aliphatic heterocycles. The van der Waals surface area contributed by atoms with Crippen molar-refractivity contribution in [2.75, 3.05) is 19.6 Å². The molecule has 0 bridgehead atoms. The van der Waals surface area contributed by atoms with Crippen molar-refractivity contribution < 1.29 is 55.5 Å². The van der Waals surface area contributed by atoms with E-state index in [2.05, 4.69) is 5.32 Å². The molecule has 15 heavy (non-hydrogen) atoms. The third-order valence-electron chi connectivity index (χ3n) is 1.29. The van der Waals surface area contributed by atoms with Crippen LogP contribution in [0, 0.1) is 0 Å². The van der Waals surface area contributed by atoms with E-state index in [1.54, 1.807) is 0 Å². The van der Waals surface area contributed by atoms with Gasteiger partial charge >= 0.3 is 29.6 Å². The Morgan fingerprint density at radius 2 is 1.80 bits per heavy atom. The van der Waals surface area contributed by atoms with Crippen LogP contribution in [-0.4, -0.2) is 50.2 Å². The van der Waals surface area contributed by atoms with E-state index in [0.717, 1.165) is 0 Å². The minimum absolute atomic E-state index is 0. The summed E-state index contributed by atoms with van der Waals surface area (Å²) >= 11 is 0. The Labute approximate surface area is 110 Å². The van der Waals surface area contributed by atoms with Gasteiger partial charge in [0.1, 0.15) is 10.1 Å². The van der Waals surface area contributed by atoms with Crippen LogP contribution in [0.4, 0.5) is 0 Å². The fourth-order valence-electron chi connectivity index (χ4n) is 0.678. The Balaban J connectivity index is 0. The first-order valence-electron chi connectivity index (χ1n) is 3.51. The van der Waals surface area contributed by atoms with Crippen LogP contribution in [0.15, 0.2) is 0 Å². The number of nitrogens with two attached hydrogens (primary N) is 1. The molecule has 8 nitrogen and oxygen atoms in total. The summed E-state index contributed by atoms with van der Waals surface area (Å²) in [5, 5.41) is 2.30. The first-order valence-corrected chi connectivity index (χ1v) is 6.49. The first-order chi connectivity index (χ1) is 6.19. The standard InChI is InChI=1S/C4H12N2O6S2.Na/c5-1-2-6-3-4(13(7,8)9)14(10,11)12;/h4,6H,1-3,5H2,(H,7,8,9)(H,10,11,12);/q;+1/p-1. The predicted molar refractivity (Wildman–Crippen MR) is 47.0 cm³/mol. The summed E-state index contributed by atoms with van der Waals surface area (Å²) in [6.45, 7) is -0.388. The Hall–Kier alpha value is 0.740. The van der Waals surface area contributed by atoms with Crippen molar-refractivity contribution in [2.24, 2.45) is 5.73 Å². The third kappa shape index (κ3) is 7.60. The number of hydrogen-bond acceptors (Lipinski definition) is 7. The van der Waals surface area contributed by atoms with Gasteiger partial charge in [-0.3, -0.25) is 4.55 Å². The smallest absolute Gasteiger partial charge is 0.747 e. The third-order valence-corrected chi connectivity index (χ3v) is 4.36. The molecule has 0 saturated carbocycles. The van der Waals surface area contributed by atoms with E-state index in [0.29, 0.717) is 0 Å². The summed E-state index contributed by atoms with van der Waals surface area (Å²) in [6, 6.07) is 0. The molecule has 11 heteroatoms. The van der Waals surface area contributed by atoms with E-state index in [1.807, 2.05) is 0 Å². The Kier molecular flexibility index (Phi) is 8.62. The molecule has 86 valence electrons. The number of rotatable bonds is 6. The zero-order valence-corrected chi connectivity index (χ0v) is 11.7. The average Bonchev–Trinajstić information content (AvgIpc) is 1.92. The Bertz CT molecular complexity index is 333. The van der Waals surface area contributed by atoms with Crippen LogP contribution in [-0.2, 0) is 20.2 Å². The van der Waals surface area contributed by atoms with E-state index in [-0.39, 0.29) is 42.6 Å². The maximum absolute atomic E-state index is 10.5. The molecule has 1 unspecified atom stereocenters.